The Hall–Kier alpha value is -2.15. The number of hydrogen-bond acceptors (Lipinski definition) is 5. The number of esters is 1. The lowest BCUT2D eigenvalue weighted by molar-refractivity contribution is -0.147. The van der Waals surface area contributed by atoms with Crippen molar-refractivity contribution in [3.8, 4) is 0 Å². The van der Waals surface area contributed by atoms with E-state index in [2.05, 4.69) is 43.5 Å². The number of carboxylic acids is 1. The Morgan fingerprint density at radius 3 is 1.61 bits per heavy atom. The van der Waals surface area contributed by atoms with E-state index in [0.29, 0.717) is 32.2 Å². The molecule has 2 unspecified atom stereocenters. The Morgan fingerprint density at radius 2 is 1.08 bits per heavy atom. The number of rotatable bonds is 39. The van der Waals surface area contributed by atoms with E-state index in [0.717, 1.165) is 70.6 Å². The molecule has 7 nitrogen and oxygen atoms in total. The Labute approximate surface area is 314 Å². The first-order valence-electron chi connectivity index (χ1n) is 21.7. The van der Waals surface area contributed by atoms with Crippen molar-refractivity contribution < 1.29 is 24.2 Å². The first-order chi connectivity index (χ1) is 24.9. The topological polar surface area (TPSA) is 119 Å². The van der Waals surface area contributed by atoms with Crippen LogP contribution in [0.15, 0.2) is 24.3 Å². The molecule has 0 spiro atoms. The van der Waals surface area contributed by atoms with Crippen molar-refractivity contribution >= 4 is 17.8 Å². The van der Waals surface area contributed by atoms with Crippen LogP contribution in [0.3, 0.4) is 0 Å². The predicted molar refractivity (Wildman–Crippen MR) is 216 cm³/mol. The fourth-order valence-corrected chi connectivity index (χ4v) is 6.46. The molecule has 0 aromatic heterocycles. The number of allylic oxidation sites excluding steroid dienone is 3. The molecular formula is C44H82N2O5. The van der Waals surface area contributed by atoms with Gasteiger partial charge >= 0.3 is 11.9 Å². The third-order valence-electron chi connectivity index (χ3n) is 9.75. The summed E-state index contributed by atoms with van der Waals surface area (Å²) in [6, 6.07) is -0.854. The van der Waals surface area contributed by atoms with Gasteiger partial charge in [0.15, 0.2) is 0 Å². The van der Waals surface area contributed by atoms with Crippen LogP contribution in [0, 0.1) is 0 Å². The highest BCUT2D eigenvalue weighted by atomic mass is 16.5. The summed E-state index contributed by atoms with van der Waals surface area (Å²) < 4.78 is 5.94. The number of ether oxygens (including phenoxy) is 1. The molecule has 4 N–H and O–H groups in total. The second-order valence-electron chi connectivity index (χ2n) is 14.8. The van der Waals surface area contributed by atoms with Gasteiger partial charge in [0.1, 0.15) is 12.1 Å². The number of carbonyl (C=O) groups excluding carboxylic acids is 2. The van der Waals surface area contributed by atoms with Crippen LogP contribution in [-0.2, 0) is 19.1 Å². The minimum absolute atomic E-state index is 0.0720. The summed E-state index contributed by atoms with van der Waals surface area (Å²) >= 11 is 0. The van der Waals surface area contributed by atoms with Crippen molar-refractivity contribution in [3.05, 3.63) is 24.3 Å². The van der Waals surface area contributed by atoms with E-state index in [1.54, 1.807) is 0 Å². The highest BCUT2D eigenvalue weighted by Gasteiger charge is 2.18. The summed E-state index contributed by atoms with van der Waals surface area (Å²) in [5.41, 5.74) is 5.47. The molecule has 0 aliphatic rings. The number of amides is 1. The van der Waals surface area contributed by atoms with Crippen LogP contribution in [0.25, 0.3) is 0 Å². The smallest absolute Gasteiger partial charge is 0.326 e. The molecule has 298 valence electrons. The van der Waals surface area contributed by atoms with Crippen LogP contribution < -0.4 is 11.1 Å². The summed E-state index contributed by atoms with van der Waals surface area (Å²) in [5, 5.41) is 11.9. The highest BCUT2D eigenvalue weighted by molar-refractivity contribution is 5.83. The molecule has 0 aromatic carbocycles. The van der Waals surface area contributed by atoms with Gasteiger partial charge in [-0.2, -0.15) is 0 Å². The molecule has 0 aliphatic heterocycles. The van der Waals surface area contributed by atoms with E-state index >= 15 is 0 Å². The summed E-state index contributed by atoms with van der Waals surface area (Å²) in [6.45, 7) is 4.93. The van der Waals surface area contributed by atoms with E-state index in [-0.39, 0.29) is 18.0 Å². The number of carboxylic acid groups (broad SMARTS) is 1. The van der Waals surface area contributed by atoms with E-state index in [9.17, 15) is 19.5 Å². The first kappa shape index (κ1) is 48.9. The van der Waals surface area contributed by atoms with Gasteiger partial charge in [0.2, 0.25) is 5.91 Å². The van der Waals surface area contributed by atoms with Crippen molar-refractivity contribution in [2.24, 2.45) is 5.73 Å². The molecule has 0 heterocycles. The molecular weight excluding hydrogens is 636 g/mol. The Kier molecular flexibility index (Phi) is 37.4. The zero-order valence-corrected chi connectivity index (χ0v) is 33.5. The van der Waals surface area contributed by atoms with Crippen molar-refractivity contribution in [2.45, 2.75) is 231 Å². The van der Waals surface area contributed by atoms with Gasteiger partial charge in [0, 0.05) is 12.8 Å². The molecule has 7 heteroatoms. The number of aliphatic carboxylic acids is 1. The van der Waals surface area contributed by atoms with Crippen molar-refractivity contribution in [2.75, 3.05) is 6.54 Å². The van der Waals surface area contributed by atoms with E-state index < -0.39 is 12.0 Å². The zero-order valence-electron chi connectivity index (χ0n) is 33.5. The molecule has 0 rings (SSSR count). The Balaban J connectivity index is 4.28. The lowest BCUT2D eigenvalue weighted by Crippen LogP contribution is -2.40. The van der Waals surface area contributed by atoms with Crippen molar-refractivity contribution in [1.82, 2.24) is 5.32 Å². The second kappa shape index (κ2) is 39.1. The highest BCUT2D eigenvalue weighted by Crippen LogP contribution is 2.16. The molecule has 0 aliphatic carbocycles. The van der Waals surface area contributed by atoms with Gasteiger partial charge in [-0.1, -0.05) is 167 Å². The van der Waals surface area contributed by atoms with E-state index in [4.69, 9.17) is 10.5 Å². The number of carbonyl (C=O) groups is 3. The van der Waals surface area contributed by atoms with Crippen LogP contribution in [0.2, 0.25) is 0 Å². The first-order valence-corrected chi connectivity index (χ1v) is 21.7. The Bertz CT molecular complexity index is 858. The normalized spacial score (nSPS) is 12.8. The lowest BCUT2D eigenvalue weighted by atomic mass is 10.0. The van der Waals surface area contributed by atoms with E-state index in [1.807, 2.05) is 0 Å². The van der Waals surface area contributed by atoms with Crippen LogP contribution >= 0.6 is 0 Å². The van der Waals surface area contributed by atoms with Gasteiger partial charge in [0.25, 0.3) is 0 Å². The zero-order chi connectivity index (χ0) is 37.5. The number of nitrogens with one attached hydrogen (secondary N) is 1. The fraction of sp³-hybridized carbons (Fsp3) is 0.841. The molecule has 0 aromatic rings. The second-order valence-corrected chi connectivity index (χ2v) is 14.8. The summed E-state index contributed by atoms with van der Waals surface area (Å²) in [5.74, 6) is -1.28. The predicted octanol–water partition coefficient (Wildman–Crippen LogP) is 12.1. The summed E-state index contributed by atoms with van der Waals surface area (Å²) in [7, 11) is 0. The van der Waals surface area contributed by atoms with Gasteiger partial charge in [-0.05, 0) is 70.4 Å². The SMILES string of the molecule is CCCCCC/C=C\C/C=C\C(CCCCCCCCC(=O)NC(CCCN)C(=O)O)OC(=O)CCCCCCCCCCCCCCCCC. The molecule has 0 radical (unpaired) electrons. The lowest BCUT2D eigenvalue weighted by Gasteiger charge is -2.15. The Morgan fingerprint density at radius 1 is 0.588 bits per heavy atom. The van der Waals surface area contributed by atoms with Crippen LogP contribution in [0.4, 0.5) is 0 Å². The van der Waals surface area contributed by atoms with Crippen LogP contribution in [-0.4, -0.2) is 41.6 Å². The molecule has 2 atom stereocenters. The summed E-state index contributed by atoms with van der Waals surface area (Å²) in [4.78, 5) is 36.2. The van der Waals surface area contributed by atoms with Gasteiger partial charge in [-0.15, -0.1) is 0 Å². The average molecular weight is 719 g/mol. The summed E-state index contributed by atoms with van der Waals surface area (Å²) in [6.07, 6.45) is 43.9. The minimum atomic E-state index is -1.00. The maximum absolute atomic E-state index is 12.7. The number of nitrogens with two attached hydrogens (primary N) is 1. The maximum Gasteiger partial charge on any atom is 0.326 e. The van der Waals surface area contributed by atoms with Crippen molar-refractivity contribution in [1.29, 1.82) is 0 Å². The number of unbranched alkanes of at least 4 members (excludes halogenated alkanes) is 23. The quantitative estimate of drug-likeness (QED) is 0.0331. The third kappa shape index (κ3) is 36.0. The van der Waals surface area contributed by atoms with Crippen LogP contribution in [0.1, 0.15) is 219 Å². The molecule has 0 saturated heterocycles. The van der Waals surface area contributed by atoms with E-state index in [1.165, 1.54) is 109 Å². The van der Waals surface area contributed by atoms with Gasteiger partial charge in [-0.3, -0.25) is 9.59 Å². The average Bonchev–Trinajstić information content (AvgIpc) is 3.11. The van der Waals surface area contributed by atoms with Crippen LogP contribution in [0.5, 0.6) is 0 Å². The van der Waals surface area contributed by atoms with Gasteiger partial charge in [0.05, 0.1) is 0 Å². The third-order valence-corrected chi connectivity index (χ3v) is 9.75. The fourth-order valence-electron chi connectivity index (χ4n) is 6.46. The molecule has 0 saturated carbocycles. The number of hydrogen-bond donors (Lipinski definition) is 3. The molecule has 0 bridgehead atoms. The van der Waals surface area contributed by atoms with Crippen molar-refractivity contribution in [3.63, 3.8) is 0 Å². The standard InChI is InChI=1S/C44H82N2O5/c1-3-5-7-9-11-13-14-15-16-17-18-20-22-28-32-38-43(48)51-40(34-29-25-21-19-12-10-8-6-4-2)35-30-26-23-24-27-31-37-42(47)46-41(44(49)50)36-33-39-45/h19,21,29,34,40-41H,3-18,20,22-28,30-33,35-39,45H2,1-2H3,(H,46,47)(H,49,50)/b21-19-,34-29-. The largest absolute Gasteiger partial charge is 0.480 e. The van der Waals surface area contributed by atoms with Gasteiger partial charge in [-0.25, -0.2) is 4.79 Å². The molecule has 0 fully saturated rings. The minimum Gasteiger partial charge on any atom is -0.480 e. The van der Waals surface area contributed by atoms with Gasteiger partial charge < -0.3 is 20.9 Å². The molecule has 1 amide bonds. The monoisotopic (exact) mass is 719 g/mol. The molecule has 51 heavy (non-hydrogen) atoms. The maximum atomic E-state index is 12.7.